The van der Waals surface area contributed by atoms with Crippen molar-refractivity contribution in [1.29, 1.82) is 0 Å². The number of hydrogen-bond acceptors (Lipinski definition) is 2. The van der Waals surface area contributed by atoms with E-state index in [0.29, 0.717) is 12.1 Å². The molecule has 0 unspecified atom stereocenters. The van der Waals surface area contributed by atoms with Crippen molar-refractivity contribution in [3.63, 3.8) is 0 Å². The Bertz CT molecular complexity index is 298. The molecule has 0 amide bonds. The Morgan fingerprint density at radius 2 is 2.15 bits per heavy atom. The highest BCUT2D eigenvalue weighted by molar-refractivity contribution is 5.54. The van der Waals surface area contributed by atoms with E-state index >= 15 is 0 Å². The molecule has 2 rings (SSSR count). The molecule has 0 aromatic heterocycles. The first-order chi connectivity index (χ1) is 6.31. The number of nitrogens with one attached hydrogen (secondary N) is 1. The Morgan fingerprint density at radius 3 is 2.92 bits per heavy atom. The van der Waals surface area contributed by atoms with Crippen LogP contribution in [-0.4, -0.2) is 19.3 Å². The fourth-order valence-electron chi connectivity index (χ4n) is 1.86. The van der Waals surface area contributed by atoms with E-state index in [1.165, 1.54) is 11.3 Å². The van der Waals surface area contributed by atoms with Crippen LogP contribution in [0.5, 0.6) is 0 Å². The topological polar surface area (TPSA) is 21.3 Å². The molecule has 0 aliphatic carbocycles. The summed E-state index contributed by atoms with van der Waals surface area (Å²) in [5, 5.41) is 3.44. The Balaban J connectivity index is 2.27. The lowest BCUT2D eigenvalue weighted by Gasteiger charge is -2.31. The highest BCUT2D eigenvalue weighted by Gasteiger charge is 2.23. The lowest BCUT2D eigenvalue weighted by Crippen LogP contribution is -2.38. The molecular formula is C11H15NO. The first-order valence-corrected chi connectivity index (χ1v) is 4.68. The third-order valence-corrected chi connectivity index (χ3v) is 2.68. The lowest BCUT2D eigenvalue weighted by atomic mass is 9.96. The van der Waals surface area contributed by atoms with Crippen molar-refractivity contribution in [3.05, 3.63) is 29.8 Å². The van der Waals surface area contributed by atoms with Gasteiger partial charge in [0.05, 0.1) is 6.10 Å². The van der Waals surface area contributed by atoms with E-state index in [1.54, 1.807) is 7.11 Å². The van der Waals surface area contributed by atoms with Crippen molar-refractivity contribution in [2.45, 2.75) is 25.5 Å². The molecule has 1 aromatic rings. The molecule has 1 aromatic carbocycles. The van der Waals surface area contributed by atoms with Gasteiger partial charge in [-0.1, -0.05) is 18.2 Å². The molecule has 0 bridgehead atoms. The lowest BCUT2D eigenvalue weighted by molar-refractivity contribution is 0.0878. The van der Waals surface area contributed by atoms with E-state index in [9.17, 15) is 0 Å². The number of methoxy groups -OCH3 is 1. The van der Waals surface area contributed by atoms with Crippen LogP contribution in [0.3, 0.4) is 0 Å². The summed E-state index contributed by atoms with van der Waals surface area (Å²) in [5.74, 6) is 0. The molecule has 0 saturated carbocycles. The Labute approximate surface area is 78.9 Å². The van der Waals surface area contributed by atoms with Gasteiger partial charge in [0.1, 0.15) is 0 Å². The molecule has 1 aliphatic rings. The predicted molar refractivity (Wildman–Crippen MR) is 54.0 cm³/mol. The second-order valence-electron chi connectivity index (χ2n) is 3.57. The van der Waals surface area contributed by atoms with Crippen LogP contribution in [0.25, 0.3) is 0 Å². The SMILES string of the molecule is CO[C@H]1Cc2ccccc2N[C@H]1C. The van der Waals surface area contributed by atoms with Crippen molar-refractivity contribution >= 4 is 5.69 Å². The summed E-state index contributed by atoms with van der Waals surface area (Å²) in [7, 11) is 1.77. The number of fused-ring (bicyclic) bond motifs is 1. The molecule has 2 atom stereocenters. The normalized spacial score (nSPS) is 26.3. The van der Waals surface area contributed by atoms with Gasteiger partial charge in [-0.2, -0.15) is 0 Å². The Morgan fingerprint density at radius 1 is 1.38 bits per heavy atom. The van der Waals surface area contributed by atoms with E-state index in [2.05, 4.69) is 36.5 Å². The maximum absolute atomic E-state index is 5.40. The Hall–Kier alpha value is -1.02. The minimum absolute atomic E-state index is 0.301. The van der Waals surface area contributed by atoms with E-state index in [-0.39, 0.29) is 0 Å². The zero-order valence-electron chi connectivity index (χ0n) is 8.08. The van der Waals surface area contributed by atoms with Gasteiger partial charge in [0.2, 0.25) is 0 Å². The van der Waals surface area contributed by atoms with Crippen molar-refractivity contribution < 1.29 is 4.74 Å². The maximum atomic E-state index is 5.40. The summed E-state index contributed by atoms with van der Waals surface area (Å²) < 4.78 is 5.40. The number of anilines is 1. The molecule has 2 nitrogen and oxygen atoms in total. The van der Waals surface area contributed by atoms with Crippen LogP contribution in [0.2, 0.25) is 0 Å². The fraction of sp³-hybridized carbons (Fsp3) is 0.455. The van der Waals surface area contributed by atoms with E-state index < -0.39 is 0 Å². The first kappa shape index (κ1) is 8.57. The van der Waals surface area contributed by atoms with Crippen molar-refractivity contribution in [1.82, 2.24) is 0 Å². The second-order valence-corrected chi connectivity index (χ2v) is 3.57. The van der Waals surface area contributed by atoms with Gasteiger partial charge >= 0.3 is 0 Å². The fourth-order valence-corrected chi connectivity index (χ4v) is 1.86. The van der Waals surface area contributed by atoms with Crippen LogP contribution in [-0.2, 0) is 11.2 Å². The monoisotopic (exact) mass is 177 g/mol. The summed E-state index contributed by atoms with van der Waals surface area (Å²) >= 11 is 0. The van der Waals surface area contributed by atoms with Gasteiger partial charge in [-0.25, -0.2) is 0 Å². The molecule has 13 heavy (non-hydrogen) atoms. The molecule has 0 radical (unpaired) electrons. The summed E-state index contributed by atoms with van der Waals surface area (Å²) in [5.41, 5.74) is 2.61. The van der Waals surface area contributed by atoms with Crippen molar-refractivity contribution in [2.24, 2.45) is 0 Å². The Kier molecular flexibility index (Phi) is 2.23. The number of rotatable bonds is 1. The van der Waals surface area contributed by atoms with Crippen LogP contribution < -0.4 is 5.32 Å². The number of ether oxygens (including phenoxy) is 1. The van der Waals surface area contributed by atoms with Gasteiger partial charge in [-0.15, -0.1) is 0 Å². The summed E-state index contributed by atoms with van der Waals surface area (Å²) in [6.07, 6.45) is 1.32. The molecule has 0 saturated heterocycles. The zero-order valence-corrected chi connectivity index (χ0v) is 8.08. The highest BCUT2D eigenvalue weighted by atomic mass is 16.5. The zero-order chi connectivity index (χ0) is 9.26. The van der Waals surface area contributed by atoms with Crippen LogP contribution >= 0.6 is 0 Å². The summed E-state index contributed by atoms with van der Waals surface area (Å²) in [6.45, 7) is 2.16. The van der Waals surface area contributed by atoms with Crippen molar-refractivity contribution in [3.8, 4) is 0 Å². The quantitative estimate of drug-likeness (QED) is 0.709. The number of para-hydroxylation sites is 1. The third-order valence-electron chi connectivity index (χ3n) is 2.68. The molecule has 0 fully saturated rings. The van der Waals surface area contributed by atoms with Gasteiger partial charge in [-0.3, -0.25) is 0 Å². The summed E-state index contributed by atoms with van der Waals surface area (Å²) in [6, 6.07) is 8.81. The van der Waals surface area contributed by atoms with Gasteiger partial charge in [-0.05, 0) is 18.6 Å². The third kappa shape index (κ3) is 1.54. The molecule has 1 N–H and O–H groups in total. The molecule has 1 aliphatic heterocycles. The largest absolute Gasteiger partial charge is 0.380 e. The van der Waals surface area contributed by atoms with Gasteiger partial charge in [0, 0.05) is 25.3 Å². The van der Waals surface area contributed by atoms with Crippen LogP contribution in [0, 0.1) is 0 Å². The summed E-state index contributed by atoms with van der Waals surface area (Å²) in [4.78, 5) is 0. The molecule has 1 heterocycles. The molecular weight excluding hydrogens is 162 g/mol. The van der Waals surface area contributed by atoms with Gasteiger partial charge in [0.15, 0.2) is 0 Å². The highest BCUT2D eigenvalue weighted by Crippen LogP contribution is 2.25. The average Bonchev–Trinajstić information content (AvgIpc) is 2.17. The number of hydrogen-bond donors (Lipinski definition) is 1. The second kappa shape index (κ2) is 3.38. The van der Waals surface area contributed by atoms with Gasteiger partial charge < -0.3 is 10.1 Å². The van der Waals surface area contributed by atoms with E-state index in [1.807, 2.05) is 0 Å². The minimum Gasteiger partial charge on any atom is -0.380 e. The molecule has 70 valence electrons. The number of benzene rings is 1. The smallest absolute Gasteiger partial charge is 0.0810 e. The average molecular weight is 177 g/mol. The predicted octanol–water partition coefficient (Wildman–Crippen LogP) is 2.06. The van der Waals surface area contributed by atoms with Crippen LogP contribution in [0.4, 0.5) is 5.69 Å². The standard InChI is InChI=1S/C11H15NO/c1-8-11(13-2)7-9-5-3-4-6-10(9)12-8/h3-6,8,11-12H,7H2,1-2H3/t8-,11-/m0/s1. The first-order valence-electron chi connectivity index (χ1n) is 4.68. The minimum atomic E-state index is 0.301. The van der Waals surface area contributed by atoms with E-state index in [0.717, 1.165) is 6.42 Å². The molecule has 0 spiro atoms. The molecule has 2 heteroatoms. The van der Waals surface area contributed by atoms with Crippen molar-refractivity contribution in [2.75, 3.05) is 12.4 Å². The maximum Gasteiger partial charge on any atom is 0.0810 e. The van der Waals surface area contributed by atoms with E-state index in [4.69, 9.17) is 4.74 Å². The van der Waals surface area contributed by atoms with Gasteiger partial charge in [0.25, 0.3) is 0 Å². The van der Waals surface area contributed by atoms with Crippen LogP contribution in [0.15, 0.2) is 24.3 Å². The van der Waals surface area contributed by atoms with Crippen LogP contribution in [0.1, 0.15) is 12.5 Å².